The molecule has 0 bridgehead atoms. The number of nitrogens with two attached hydrogens (primary N) is 1. The number of aliphatic hydroxyl groups is 1. The molecule has 0 spiro atoms. The molecule has 1 aromatic carbocycles. The third-order valence-corrected chi connectivity index (χ3v) is 2.44. The molecular formula is C11H14N2O4. The Morgan fingerprint density at radius 3 is 2.41 bits per heavy atom. The summed E-state index contributed by atoms with van der Waals surface area (Å²) >= 11 is 0. The van der Waals surface area contributed by atoms with Gasteiger partial charge in [-0.3, -0.25) is 14.8 Å². The first-order chi connectivity index (χ1) is 7.99. The van der Waals surface area contributed by atoms with Crippen molar-refractivity contribution >= 4 is 11.8 Å². The van der Waals surface area contributed by atoms with Crippen LogP contribution in [0.5, 0.6) is 0 Å². The van der Waals surface area contributed by atoms with Crippen LogP contribution in [0.2, 0.25) is 0 Å². The van der Waals surface area contributed by atoms with Gasteiger partial charge in [0.1, 0.15) is 0 Å². The maximum Gasteiger partial charge on any atom is 0.253 e. The van der Waals surface area contributed by atoms with E-state index in [1.165, 1.54) is 24.5 Å². The van der Waals surface area contributed by atoms with Crippen LogP contribution >= 0.6 is 0 Å². The molecule has 0 fully saturated rings. The topological polar surface area (TPSA) is 113 Å². The van der Waals surface area contributed by atoms with E-state index in [9.17, 15) is 14.7 Å². The molecule has 0 heterocycles. The molecule has 0 unspecified atom stereocenters. The highest BCUT2D eigenvalue weighted by Crippen LogP contribution is 2.23. The number of carbonyl (C=O) groups excluding carboxylic acids is 2. The van der Waals surface area contributed by atoms with E-state index in [-0.39, 0.29) is 11.1 Å². The second kappa shape index (κ2) is 5.42. The van der Waals surface area contributed by atoms with Crippen LogP contribution in [-0.4, -0.2) is 28.2 Å². The highest BCUT2D eigenvalue weighted by atomic mass is 16.5. The number of benzene rings is 1. The Morgan fingerprint density at radius 1 is 1.35 bits per heavy atom. The summed E-state index contributed by atoms with van der Waals surface area (Å²) in [6.45, 7) is 1.39. The maximum absolute atomic E-state index is 11.5. The van der Waals surface area contributed by atoms with Crippen molar-refractivity contribution < 1.29 is 19.9 Å². The Morgan fingerprint density at radius 2 is 1.94 bits per heavy atom. The van der Waals surface area contributed by atoms with Crippen LogP contribution in [-0.2, 0) is 4.79 Å². The van der Waals surface area contributed by atoms with Crippen LogP contribution in [0.15, 0.2) is 24.3 Å². The fourth-order valence-electron chi connectivity index (χ4n) is 1.68. The van der Waals surface area contributed by atoms with Crippen molar-refractivity contribution in [3.63, 3.8) is 0 Å². The van der Waals surface area contributed by atoms with Crippen LogP contribution in [0.1, 0.15) is 28.8 Å². The first-order valence-corrected chi connectivity index (χ1v) is 4.99. The van der Waals surface area contributed by atoms with Gasteiger partial charge in [-0.15, -0.1) is 0 Å². The minimum Gasteiger partial charge on any atom is -0.392 e. The molecule has 17 heavy (non-hydrogen) atoms. The average molecular weight is 238 g/mol. The van der Waals surface area contributed by atoms with Gasteiger partial charge in [-0.25, -0.2) is 5.48 Å². The number of carbonyl (C=O) groups is 2. The fraction of sp³-hybridized carbons (Fsp3) is 0.273. The summed E-state index contributed by atoms with van der Waals surface area (Å²) in [6.07, 6.45) is -1.07. The Bertz CT molecular complexity index is 431. The smallest absolute Gasteiger partial charge is 0.253 e. The molecule has 0 aliphatic carbocycles. The third kappa shape index (κ3) is 2.80. The van der Waals surface area contributed by atoms with Crippen molar-refractivity contribution in [2.24, 2.45) is 5.73 Å². The van der Waals surface area contributed by atoms with Gasteiger partial charge in [0, 0.05) is 5.56 Å². The molecule has 1 aromatic rings. The van der Waals surface area contributed by atoms with Crippen molar-refractivity contribution in [2.75, 3.05) is 0 Å². The summed E-state index contributed by atoms with van der Waals surface area (Å²) in [5.74, 6) is -2.55. The first kappa shape index (κ1) is 13.1. The Hall–Kier alpha value is -1.92. The molecule has 0 saturated carbocycles. The quantitative estimate of drug-likeness (QED) is 0.428. The molecule has 2 amide bonds. The SMILES string of the molecule is C[C@@H](O)[C@@H](C(=O)NO)c1ccccc1C(N)=O. The molecule has 0 radical (unpaired) electrons. The Balaban J connectivity index is 3.28. The lowest BCUT2D eigenvalue weighted by molar-refractivity contribution is -0.133. The largest absolute Gasteiger partial charge is 0.392 e. The van der Waals surface area contributed by atoms with Gasteiger partial charge in [0.15, 0.2) is 0 Å². The van der Waals surface area contributed by atoms with Crippen LogP contribution in [0, 0.1) is 0 Å². The van der Waals surface area contributed by atoms with Crippen LogP contribution in [0.25, 0.3) is 0 Å². The third-order valence-electron chi connectivity index (χ3n) is 2.44. The number of amides is 2. The summed E-state index contributed by atoms with van der Waals surface area (Å²) in [6, 6.07) is 6.17. The van der Waals surface area contributed by atoms with Gasteiger partial charge in [-0.05, 0) is 18.6 Å². The maximum atomic E-state index is 11.5. The zero-order valence-corrected chi connectivity index (χ0v) is 9.25. The van der Waals surface area contributed by atoms with E-state index in [0.29, 0.717) is 0 Å². The van der Waals surface area contributed by atoms with Crippen molar-refractivity contribution in [1.82, 2.24) is 5.48 Å². The van der Waals surface area contributed by atoms with Gasteiger partial charge in [-0.2, -0.15) is 0 Å². The number of rotatable bonds is 4. The molecule has 5 N–H and O–H groups in total. The number of hydrogen-bond acceptors (Lipinski definition) is 4. The average Bonchev–Trinajstić information content (AvgIpc) is 2.29. The van der Waals surface area contributed by atoms with Gasteiger partial charge in [-0.1, -0.05) is 18.2 Å². The van der Waals surface area contributed by atoms with E-state index >= 15 is 0 Å². The number of hydrogen-bond donors (Lipinski definition) is 4. The van der Waals surface area contributed by atoms with Crippen molar-refractivity contribution in [2.45, 2.75) is 18.9 Å². The number of primary amides is 1. The molecule has 0 aliphatic rings. The lowest BCUT2D eigenvalue weighted by atomic mass is 9.89. The van der Waals surface area contributed by atoms with Crippen LogP contribution < -0.4 is 11.2 Å². The molecule has 0 aliphatic heterocycles. The Kier molecular flexibility index (Phi) is 4.19. The van der Waals surface area contributed by atoms with E-state index in [0.717, 1.165) is 0 Å². The minimum atomic E-state index is -1.07. The summed E-state index contributed by atoms with van der Waals surface area (Å²) < 4.78 is 0. The second-order valence-corrected chi connectivity index (χ2v) is 3.65. The van der Waals surface area contributed by atoms with E-state index < -0.39 is 23.8 Å². The molecule has 6 nitrogen and oxygen atoms in total. The zero-order valence-electron chi connectivity index (χ0n) is 9.25. The Labute approximate surface area is 98.0 Å². The highest BCUT2D eigenvalue weighted by molar-refractivity contribution is 5.97. The van der Waals surface area contributed by atoms with E-state index in [4.69, 9.17) is 10.9 Å². The summed E-state index contributed by atoms with van der Waals surface area (Å²) in [4.78, 5) is 22.7. The first-order valence-electron chi connectivity index (χ1n) is 4.99. The van der Waals surface area contributed by atoms with Gasteiger partial charge in [0.05, 0.1) is 12.0 Å². The van der Waals surface area contributed by atoms with Crippen molar-refractivity contribution in [3.05, 3.63) is 35.4 Å². The minimum absolute atomic E-state index is 0.141. The summed E-state index contributed by atoms with van der Waals surface area (Å²) in [7, 11) is 0. The summed E-state index contributed by atoms with van der Waals surface area (Å²) in [5.41, 5.74) is 7.06. The zero-order chi connectivity index (χ0) is 13.0. The van der Waals surface area contributed by atoms with Gasteiger partial charge >= 0.3 is 0 Å². The lowest BCUT2D eigenvalue weighted by Crippen LogP contribution is -2.34. The standard InChI is InChI=1S/C11H14N2O4/c1-6(14)9(11(16)13-17)7-4-2-3-5-8(7)10(12)15/h2-6,9,14,17H,1H3,(H2,12,15)(H,13,16)/t6-,9-/m1/s1. The van der Waals surface area contributed by atoms with Gasteiger partial charge in [0.25, 0.3) is 5.91 Å². The summed E-state index contributed by atoms with van der Waals surface area (Å²) in [5, 5.41) is 18.2. The van der Waals surface area contributed by atoms with Crippen molar-refractivity contribution in [1.29, 1.82) is 0 Å². The second-order valence-electron chi connectivity index (χ2n) is 3.65. The highest BCUT2D eigenvalue weighted by Gasteiger charge is 2.28. The molecule has 92 valence electrons. The molecule has 0 aromatic heterocycles. The normalized spacial score (nSPS) is 13.8. The van der Waals surface area contributed by atoms with E-state index in [1.807, 2.05) is 0 Å². The predicted octanol–water partition coefficient (Wildman–Crippen LogP) is -0.245. The van der Waals surface area contributed by atoms with Crippen molar-refractivity contribution in [3.8, 4) is 0 Å². The van der Waals surface area contributed by atoms with Gasteiger partial charge in [0.2, 0.25) is 5.91 Å². The van der Waals surface area contributed by atoms with E-state index in [1.54, 1.807) is 12.1 Å². The molecular weight excluding hydrogens is 224 g/mol. The van der Waals surface area contributed by atoms with Gasteiger partial charge < -0.3 is 10.8 Å². The fourth-order valence-corrected chi connectivity index (χ4v) is 1.68. The number of aliphatic hydroxyl groups excluding tert-OH is 1. The van der Waals surface area contributed by atoms with E-state index in [2.05, 4.69) is 0 Å². The molecule has 6 heteroatoms. The number of hydroxylamine groups is 1. The van der Waals surface area contributed by atoms with Crippen LogP contribution in [0.3, 0.4) is 0 Å². The lowest BCUT2D eigenvalue weighted by Gasteiger charge is -2.19. The molecule has 2 atom stereocenters. The monoisotopic (exact) mass is 238 g/mol. The number of nitrogens with one attached hydrogen (secondary N) is 1. The molecule has 0 saturated heterocycles. The van der Waals surface area contributed by atoms with Crippen LogP contribution in [0.4, 0.5) is 0 Å². The molecule has 1 rings (SSSR count). The predicted molar refractivity (Wildman–Crippen MR) is 59.3 cm³/mol.